The first-order valence-corrected chi connectivity index (χ1v) is 5.77. The minimum atomic E-state index is -0.0914. The molecule has 2 heterocycles. The van der Waals surface area contributed by atoms with Crippen LogP contribution in [0.2, 0.25) is 5.15 Å². The molecular formula is C10H11BrClN3. The van der Waals surface area contributed by atoms with Crippen molar-refractivity contribution < 1.29 is 0 Å². The number of halogens is 2. The van der Waals surface area contributed by atoms with E-state index in [1.165, 1.54) is 0 Å². The zero-order valence-electron chi connectivity index (χ0n) is 8.75. The maximum atomic E-state index is 5.97. The Morgan fingerprint density at radius 3 is 2.67 bits per heavy atom. The van der Waals surface area contributed by atoms with E-state index >= 15 is 0 Å². The highest BCUT2D eigenvalue weighted by Gasteiger charge is 2.18. The van der Waals surface area contributed by atoms with Gasteiger partial charge in [-0.15, -0.1) is 0 Å². The molecule has 0 saturated carbocycles. The summed E-state index contributed by atoms with van der Waals surface area (Å²) in [5.41, 5.74) is 0.724. The summed E-state index contributed by atoms with van der Waals surface area (Å²) < 4.78 is 2.67. The van der Waals surface area contributed by atoms with Crippen molar-refractivity contribution in [3.8, 4) is 0 Å². The summed E-state index contributed by atoms with van der Waals surface area (Å²) in [5.74, 6) is 0. The van der Waals surface area contributed by atoms with E-state index in [-0.39, 0.29) is 5.54 Å². The van der Waals surface area contributed by atoms with Crippen LogP contribution in [0.3, 0.4) is 0 Å². The quantitative estimate of drug-likeness (QED) is 0.693. The van der Waals surface area contributed by atoms with Gasteiger partial charge in [0.1, 0.15) is 5.15 Å². The minimum absolute atomic E-state index is 0.0914. The lowest BCUT2D eigenvalue weighted by Gasteiger charge is -2.19. The Morgan fingerprint density at radius 2 is 2.07 bits per heavy atom. The summed E-state index contributed by atoms with van der Waals surface area (Å²) in [7, 11) is 0. The van der Waals surface area contributed by atoms with Crippen molar-refractivity contribution in [2.75, 3.05) is 0 Å². The second kappa shape index (κ2) is 3.46. The van der Waals surface area contributed by atoms with Gasteiger partial charge in [0.15, 0.2) is 5.65 Å². The summed E-state index contributed by atoms with van der Waals surface area (Å²) in [4.78, 5) is 4.32. The van der Waals surface area contributed by atoms with Crippen molar-refractivity contribution in [2.24, 2.45) is 0 Å². The second-order valence-electron chi connectivity index (χ2n) is 4.40. The Hall–Kier alpha value is -0.610. The first-order chi connectivity index (χ1) is 6.89. The van der Waals surface area contributed by atoms with E-state index in [4.69, 9.17) is 11.6 Å². The van der Waals surface area contributed by atoms with E-state index in [1.807, 2.05) is 10.7 Å². The van der Waals surface area contributed by atoms with Crippen LogP contribution in [0.25, 0.3) is 11.0 Å². The van der Waals surface area contributed by atoms with Crippen molar-refractivity contribution in [2.45, 2.75) is 26.3 Å². The van der Waals surface area contributed by atoms with Gasteiger partial charge in [0, 0.05) is 5.39 Å². The molecule has 5 heteroatoms. The number of hydrogen-bond acceptors (Lipinski definition) is 2. The van der Waals surface area contributed by atoms with Gasteiger partial charge in [-0.1, -0.05) is 11.6 Å². The van der Waals surface area contributed by atoms with Gasteiger partial charge in [0.2, 0.25) is 0 Å². The molecule has 0 N–H and O–H groups in total. The van der Waals surface area contributed by atoms with E-state index in [0.29, 0.717) is 5.15 Å². The minimum Gasteiger partial charge on any atom is -0.242 e. The Balaban J connectivity index is 2.75. The van der Waals surface area contributed by atoms with Gasteiger partial charge >= 0.3 is 0 Å². The summed E-state index contributed by atoms with van der Waals surface area (Å²) in [6.07, 6.45) is 1.80. The molecular weight excluding hydrogens is 277 g/mol. The number of fused-ring (bicyclic) bond motifs is 1. The van der Waals surface area contributed by atoms with Gasteiger partial charge in [0.25, 0.3) is 0 Å². The molecule has 0 atom stereocenters. The Morgan fingerprint density at radius 1 is 1.40 bits per heavy atom. The van der Waals surface area contributed by atoms with Crippen molar-refractivity contribution >= 4 is 38.6 Å². The molecule has 3 nitrogen and oxygen atoms in total. The molecule has 0 saturated heterocycles. The van der Waals surface area contributed by atoms with Crippen LogP contribution in [0.5, 0.6) is 0 Å². The van der Waals surface area contributed by atoms with Gasteiger partial charge < -0.3 is 0 Å². The van der Waals surface area contributed by atoms with Gasteiger partial charge in [-0.2, -0.15) is 5.10 Å². The van der Waals surface area contributed by atoms with Gasteiger partial charge in [-0.3, -0.25) is 0 Å². The van der Waals surface area contributed by atoms with Crippen molar-refractivity contribution in [3.05, 3.63) is 21.9 Å². The summed E-state index contributed by atoms with van der Waals surface area (Å²) in [6.45, 7) is 6.24. The Bertz CT molecular complexity index is 513. The number of pyridine rings is 1. The van der Waals surface area contributed by atoms with Gasteiger partial charge in [-0.05, 0) is 42.8 Å². The van der Waals surface area contributed by atoms with E-state index in [2.05, 4.69) is 46.8 Å². The first kappa shape index (κ1) is 10.9. The molecule has 0 unspecified atom stereocenters. The molecule has 0 bridgehead atoms. The molecule has 15 heavy (non-hydrogen) atoms. The lowest BCUT2D eigenvalue weighted by molar-refractivity contribution is 0.366. The van der Waals surface area contributed by atoms with Crippen LogP contribution in [0, 0.1) is 0 Å². The van der Waals surface area contributed by atoms with Gasteiger partial charge in [-0.25, -0.2) is 9.67 Å². The van der Waals surface area contributed by atoms with E-state index in [1.54, 1.807) is 6.20 Å². The third-order valence-electron chi connectivity index (χ3n) is 2.09. The van der Waals surface area contributed by atoms with Crippen LogP contribution >= 0.6 is 27.5 Å². The molecule has 2 aromatic heterocycles. The molecule has 2 aromatic rings. The fourth-order valence-electron chi connectivity index (χ4n) is 1.40. The van der Waals surface area contributed by atoms with Crippen LogP contribution in [-0.4, -0.2) is 14.8 Å². The van der Waals surface area contributed by atoms with Crippen molar-refractivity contribution in [3.63, 3.8) is 0 Å². The normalized spacial score (nSPS) is 12.3. The maximum absolute atomic E-state index is 5.97. The monoisotopic (exact) mass is 287 g/mol. The number of nitrogens with zero attached hydrogens (tertiary/aromatic N) is 3. The second-order valence-corrected chi connectivity index (χ2v) is 5.61. The maximum Gasteiger partial charge on any atom is 0.160 e. The summed E-state index contributed by atoms with van der Waals surface area (Å²) in [5, 5.41) is 5.78. The van der Waals surface area contributed by atoms with Crippen LogP contribution in [0.15, 0.2) is 16.7 Å². The molecule has 0 aliphatic heterocycles. The number of rotatable bonds is 0. The highest BCUT2D eigenvalue weighted by molar-refractivity contribution is 9.10. The standard InChI is InChI=1S/C10H11BrClN3/c1-10(2,3)15-9-6(5-13-15)4-7(11)8(12)14-9/h4-5H,1-3H3. The summed E-state index contributed by atoms with van der Waals surface area (Å²) in [6, 6.07) is 1.93. The Labute approximate surface area is 102 Å². The molecule has 0 spiro atoms. The fraction of sp³-hybridized carbons (Fsp3) is 0.400. The summed E-state index contributed by atoms with van der Waals surface area (Å²) >= 11 is 9.31. The third kappa shape index (κ3) is 1.88. The van der Waals surface area contributed by atoms with E-state index in [9.17, 15) is 0 Å². The molecule has 0 aromatic carbocycles. The Kier molecular flexibility index (Phi) is 2.51. The third-order valence-corrected chi connectivity index (χ3v) is 3.21. The predicted molar refractivity (Wildman–Crippen MR) is 65.2 cm³/mol. The van der Waals surface area contributed by atoms with E-state index in [0.717, 1.165) is 15.5 Å². The number of hydrogen-bond donors (Lipinski definition) is 0. The molecule has 0 radical (unpaired) electrons. The van der Waals surface area contributed by atoms with E-state index < -0.39 is 0 Å². The number of aromatic nitrogens is 3. The molecule has 0 fully saturated rings. The highest BCUT2D eigenvalue weighted by atomic mass is 79.9. The fourth-order valence-corrected chi connectivity index (χ4v) is 1.87. The first-order valence-electron chi connectivity index (χ1n) is 4.60. The molecule has 2 rings (SSSR count). The molecule has 80 valence electrons. The molecule has 0 amide bonds. The highest BCUT2D eigenvalue weighted by Crippen LogP contribution is 2.27. The molecule has 0 aliphatic carbocycles. The predicted octanol–water partition coefficient (Wildman–Crippen LogP) is 3.60. The lowest BCUT2D eigenvalue weighted by atomic mass is 10.1. The average Bonchev–Trinajstić information content (AvgIpc) is 2.47. The van der Waals surface area contributed by atoms with Crippen LogP contribution in [-0.2, 0) is 5.54 Å². The average molecular weight is 289 g/mol. The van der Waals surface area contributed by atoms with Crippen LogP contribution < -0.4 is 0 Å². The largest absolute Gasteiger partial charge is 0.242 e. The molecule has 0 aliphatic rings. The zero-order chi connectivity index (χ0) is 11.2. The SMILES string of the molecule is CC(C)(C)n1ncc2cc(Br)c(Cl)nc21. The lowest BCUT2D eigenvalue weighted by Crippen LogP contribution is -2.23. The van der Waals surface area contributed by atoms with Crippen molar-refractivity contribution in [1.82, 2.24) is 14.8 Å². The topological polar surface area (TPSA) is 30.7 Å². The zero-order valence-corrected chi connectivity index (χ0v) is 11.1. The smallest absolute Gasteiger partial charge is 0.160 e. The van der Waals surface area contributed by atoms with Crippen LogP contribution in [0.1, 0.15) is 20.8 Å². The van der Waals surface area contributed by atoms with Crippen molar-refractivity contribution in [1.29, 1.82) is 0 Å². The van der Waals surface area contributed by atoms with Gasteiger partial charge in [0.05, 0.1) is 16.2 Å². The van der Waals surface area contributed by atoms with Crippen LogP contribution in [0.4, 0.5) is 0 Å².